The number of benzene rings is 2. The molecular weight excluding hydrogens is 206 g/mol. The second-order valence-corrected chi connectivity index (χ2v) is 5.15. The summed E-state index contributed by atoms with van der Waals surface area (Å²) in [6.07, 6.45) is 2.33. The molecule has 17 heavy (non-hydrogen) atoms. The Hall–Kier alpha value is -1.34. The monoisotopic (exact) mass is 225 g/mol. The molecule has 1 fully saturated rings. The first-order chi connectivity index (χ1) is 8.31. The van der Waals surface area contributed by atoms with E-state index in [1.165, 1.54) is 22.8 Å². The summed E-state index contributed by atoms with van der Waals surface area (Å²) in [6, 6.07) is 15.7. The molecule has 0 amide bonds. The molecule has 1 saturated carbocycles. The lowest BCUT2D eigenvalue weighted by Crippen LogP contribution is -2.45. The quantitative estimate of drug-likeness (QED) is 0.829. The van der Waals surface area contributed by atoms with Crippen LogP contribution in [0.25, 0.3) is 10.8 Å². The molecule has 1 aliphatic rings. The average molecular weight is 225 g/mol. The fraction of sp³-hybridized carbons (Fsp3) is 0.375. The summed E-state index contributed by atoms with van der Waals surface area (Å²) < 4.78 is 0. The second kappa shape index (κ2) is 4.15. The molecular formula is C16H19N. The third-order valence-corrected chi connectivity index (χ3v) is 4.29. The van der Waals surface area contributed by atoms with Gasteiger partial charge in [-0.3, -0.25) is 0 Å². The van der Waals surface area contributed by atoms with E-state index in [0.717, 1.165) is 6.42 Å². The van der Waals surface area contributed by atoms with Crippen LogP contribution in [0.4, 0.5) is 0 Å². The Kier molecular flexibility index (Phi) is 2.64. The van der Waals surface area contributed by atoms with Crippen molar-refractivity contribution in [1.29, 1.82) is 0 Å². The van der Waals surface area contributed by atoms with Crippen molar-refractivity contribution in [1.82, 2.24) is 0 Å². The van der Waals surface area contributed by atoms with Crippen LogP contribution in [-0.2, 0) is 0 Å². The van der Waals surface area contributed by atoms with E-state index < -0.39 is 0 Å². The van der Waals surface area contributed by atoms with Gasteiger partial charge in [0, 0.05) is 6.04 Å². The Morgan fingerprint density at radius 3 is 2.65 bits per heavy atom. The van der Waals surface area contributed by atoms with E-state index in [1.807, 2.05) is 0 Å². The summed E-state index contributed by atoms with van der Waals surface area (Å²) in [5, 5.41) is 2.76. The van der Waals surface area contributed by atoms with Gasteiger partial charge in [0.2, 0.25) is 0 Å². The zero-order valence-corrected chi connectivity index (χ0v) is 10.3. The van der Waals surface area contributed by atoms with Crippen LogP contribution in [0.3, 0.4) is 0 Å². The van der Waals surface area contributed by atoms with Crippen molar-refractivity contribution in [2.24, 2.45) is 11.7 Å². The number of nitrogens with two attached hydrogens (primary N) is 1. The van der Waals surface area contributed by atoms with Crippen LogP contribution in [0.15, 0.2) is 42.5 Å². The molecule has 1 heteroatoms. The van der Waals surface area contributed by atoms with E-state index in [4.69, 9.17) is 5.73 Å². The van der Waals surface area contributed by atoms with E-state index in [2.05, 4.69) is 49.4 Å². The van der Waals surface area contributed by atoms with Gasteiger partial charge in [-0.05, 0) is 34.6 Å². The largest absolute Gasteiger partial charge is 0.327 e. The third-order valence-electron chi connectivity index (χ3n) is 4.29. The zero-order chi connectivity index (χ0) is 11.8. The normalized spacial score (nSPS) is 28.0. The molecule has 0 saturated heterocycles. The Morgan fingerprint density at radius 1 is 1.12 bits per heavy atom. The summed E-state index contributed by atoms with van der Waals surface area (Å²) in [7, 11) is 0. The van der Waals surface area contributed by atoms with Gasteiger partial charge in [0.05, 0.1) is 0 Å². The summed E-state index contributed by atoms with van der Waals surface area (Å²) in [5.41, 5.74) is 7.60. The van der Waals surface area contributed by atoms with Gasteiger partial charge < -0.3 is 5.73 Å². The average Bonchev–Trinajstić information content (AvgIpc) is 2.36. The van der Waals surface area contributed by atoms with Crippen LogP contribution in [0, 0.1) is 5.92 Å². The van der Waals surface area contributed by atoms with Gasteiger partial charge in [-0.15, -0.1) is 0 Å². The van der Waals surface area contributed by atoms with Crippen molar-refractivity contribution in [3.05, 3.63) is 48.0 Å². The molecule has 0 spiro atoms. The van der Waals surface area contributed by atoms with Gasteiger partial charge >= 0.3 is 0 Å². The molecule has 3 unspecified atom stereocenters. The summed E-state index contributed by atoms with van der Waals surface area (Å²) in [4.78, 5) is 0. The molecule has 1 nitrogen and oxygen atoms in total. The third kappa shape index (κ3) is 1.66. The Morgan fingerprint density at radius 2 is 1.88 bits per heavy atom. The minimum absolute atomic E-state index is 0.406. The first-order valence-corrected chi connectivity index (χ1v) is 6.54. The van der Waals surface area contributed by atoms with Crippen LogP contribution >= 0.6 is 0 Å². The maximum atomic E-state index is 6.11. The van der Waals surface area contributed by atoms with E-state index >= 15 is 0 Å². The fourth-order valence-corrected chi connectivity index (χ4v) is 3.26. The lowest BCUT2D eigenvalue weighted by atomic mass is 9.64. The predicted octanol–water partition coefficient (Wildman–Crippen LogP) is 3.68. The maximum Gasteiger partial charge on any atom is 0.00788 e. The van der Waals surface area contributed by atoms with Gasteiger partial charge in [-0.2, -0.15) is 0 Å². The first-order valence-electron chi connectivity index (χ1n) is 6.54. The van der Waals surface area contributed by atoms with Crippen molar-refractivity contribution >= 4 is 10.8 Å². The molecule has 3 atom stereocenters. The number of fused-ring (bicyclic) bond motifs is 1. The minimum Gasteiger partial charge on any atom is -0.327 e. The summed E-state index contributed by atoms with van der Waals surface area (Å²) in [5.74, 6) is 1.34. The SMILES string of the molecule is CCC1C(N)CC1c1cccc2ccccc12. The smallest absolute Gasteiger partial charge is 0.00788 e. The molecule has 0 aromatic heterocycles. The number of hydrogen-bond acceptors (Lipinski definition) is 1. The van der Waals surface area contributed by atoms with Gasteiger partial charge in [-0.1, -0.05) is 55.8 Å². The lowest BCUT2D eigenvalue weighted by Gasteiger charge is -2.43. The Bertz CT molecular complexity index is 527. The Balaban J connectivity index is 2.06. The van der Waals surface area contributed by atoms with E-state index in [1.54, 1.807) is 0 Å². The standard InChI is InChI=1S/C16H19N/c1-2-12-15(10-16(12)17)14-9-5-7-11-6-3-4-8-13(11)14/h3-9,12,15-16H,2,10,17H2,1H3. The highest BCUT2D eigenvalue weighted by Crippen LogP contribution is 2.45. The summed E-state index contributed by atoms with van der Waals surface area (Å²) in [6.45, 7) is 2.25. The van der Waals surface area contributed by atoms with E-state index in [0.29, 0.717) is 17.9 Å². The molecule has 2 aromatic rings. The van der Waals surface area contributed by atoms with Crippen LogP contribution < -0.4 is 5.73 Å². The van der Waals surface area contributed by atoms with Gasteiger partial charge in [0.25, 0.3) is 0 Å². The van der Waals surface area contributed by atoms with Crippen LogP contribution in [0.5, 0.6) is 0 Å². The molecule has 0 bridgehead atoms. The van der Waals surface area contributed by atoms with Crippen LogP contribution in [0.2, 0.25) is 0 Å². The first kappa shape index (κ1) is 10.8. The van der Waals surface area contributed by atoms with Gasteiger partial charge in [-0.25, -0.2) is 0 Å². The molecule has 1 aliphatic carbocycles. The molecule has 3 rings (SSSR count). The maximum absolute atomic E-state index is 6.11. The van der Waals surface area contributed by atoms with Crippen molar-refractivity contribution in [3.63, 3.8) is 0 Å². The lowest BCUT2D eigenvalue weighted by molar-refractivity contribution is 0.200. The predicted molar refractivity (Wildman–Crippen MR) is 73.1 cm³/mol. The van der Waals surface area contributed by atoms with Gasteiger partial charge in [0.15, 0.2) is 0 Å². The highest BCUT2D eigenvalue weighted by atomic mass is 14.7. The van der Waals surface area contributed by atoms with E-state index in [9.17, 15) is 0 Å². The van der Waals surface area contributed by atoms with Crippen LogP contribution in [0.1, 0.15) is 31.2 Å². The highest BCUT2D eigenvalue weighted by Gasteiger charge is 2.38. The molecule has 0 aliphatic heterocycles. The van der Waals surface area contributed by atoms with Crippen molar-refractivity contribution in [2.45, 2.75) is 31.7 Å². The number of hydrogen-bond donors (Lipinski definition) is 1. The minimum atomic E-state index is 0.406. The number of rotatable bonds is 2. The van der Waals surface area contributed by atoms with Crippen molar-refractivity contribution < 1.29 is 0 Å². The topological polar surface area (TPSA) is 26.0 Å². The van der Waals surface area contributed by atoms with Crippen molar-refractivity contribution in [2.75, 3.05) is 0 Å². The van der Waals surface area contributed by atoms with E-state index in [-0.39, 0.29) is 0 Å². The van der Waals surface area contributed by atoms with Crippen molar-refractivity contribution in [3.8, 4) is 0 Å². The zero-order valence-electron chi connectivity index (χ0n) is 10.3. The molecule has 0 radical (unpaired) electrons. The van der Waals surface area contributed by atoms with Gasteiger partial charge in [0.1, 0.15) is 0 Å². The molecule has 0 heterocycles. The Labute approximate surface area is 103 Å². The summed E-state index contributed by atoms with van der Waals surface area (Å²) >= 11 is 0. The second-order valence-electron chi connectivity index (χ2n) is 5.15. The molecule has 2 N–H and O–H groups in total. The van der Waals surface area contributed by atoms with Crippen LogP contribution in [-0.4, -0.2) is 6.04 Å². The molecule has 88 valence electrons. The molecule has 2 aromatic carbocycles. The highest BCUT2D eigenvalue weighted by molar-refractivity contribution is 5.86. The fourth-order valence-electron chi connectivity index (χ4n) is 3.26.